The molecule has 1 aliphatic carbocycles. The topological polar surface area (TPSA) is 104 Å². The number of aliphatic carboxylic acids is 1. The number of carboxylic acid groups (broad SMARTS) is 1. The Morgan fingerprint density at radius 3 is 2.50 bits per heavy atom. The number of urea groups is 1. The van der Waals surface area contributed by atoms with Crippen LogP contribution in [0.25, 0.3) is 0 Å². The molecule has 7 nitrogen and oxygen atoms in total. The van der Waals surface area contributed by atoms with E-state index in [-0.39, 0.29) is 29.4 Å². The highest BCUT2D eigenvalue weighted by Crippen LogP contribution is 2.48. The van der Waals surface area contributed by atoms with Crippen LogP contribution in [0.4, 0.5) is 4.79 Å². The Balaban J connectivity index is 1.66. The van der Waals surface area contributed by atoms with E-state index in [0.717, 1.165) is 24.7 Å². The van der Waals surface area contributed by atoms with E-state index in [1.54, 1.807) is 17.0 Å². The van der Waals surface area contributed by atoms with Gasteiger partial charge in [-0.25, -0.2) is 13.2 Å². The second kappa shape index (κ2) is 6.57. The van der Waals surface area contributed by atoms with E-state index in [1.165, 1.54) is 12.1 Å². The summed E-state index contributed by atoms with van der Waals surface area (Å²) in [7, 11) is -3.26. The largest absolute Gasteiger partial charge is 0.481 e. The van der Waals surface area contributed by atoms with Gasteiger partial charge in [-0.15, -0.1) is 0 Å². The molecule has 1 heterocycles. The predicted octanol–water partition coefficient (Wildman–Crippen LogP) is 2.05. The molecule has 1 aromatic rings. The third kappa shape index (κ3) is 3.30. The molecule has 2 aliphatic rings. The van der Waals surface area contributed by atoms with E-state index < -0.39 is 21.2 Å². The molecule has 2 amide bonds. The fraction of sp³-hybridized carbons (Fsp3) is 0.556. The third-order valence-electron chi connectivity index (χ3n) is 5.73. The molecule has 1 saturated carbocycles. The summed E-state index contributed by atoms with van der Waals surface area (Å²) in [5.74, 6) is -0.783. The summed E-state index contributed by atoms with van der Waals surface area (Å²) in [6, 6.07) is 5.81. The van der Waals surface area contributed by atoms with Crippen LogP contribution in [0.3, 0.4) is 0 Å². The minimum absolute atomic E-state index is 0.0232. The van der Waals surface area contributed by atoms with E-state index in [9.17, 15) is 23.1 Å². The Kier molecular flexibility index (Phi) is 4.72. The molecule has 26 heavy (non-hydrogen) atoms. The highest BCUT2D eigenvalue weighted by atomic mass is 32.2. The van der Waals surface area contributed by atoms with E-state index in [0.29, 0.717) is 13.0 Å². The Labute approximate surface area is 153 Å². The molecule has 1 unspecified atom stereocenters. The standard InChI is InChI=1S/C18H24N2O5S/c1-12(13-5-7-15(8-6-13)26(2,24)25)19-17(23)20-10-14-4-3-9-18(14,11-20)16(21)22/h5-8,12,14H,3-4,9-11H2,1-2H3,(H,19,23)(H,21,22)/t12?,14-,18+/m0/s1. The van der Waals surface area contributed by atoms with Crippen molar-refractivity contribution in [2.24, 2.45) is 11.3 Å². The van der Waals surface area contributed by atoms with E-state index in [4.69, 9.17) is 0 Å². The lowest BCUT2D eigenvalue weighted by molar-refractivity contribution is -0.149. The molecular formula is C18H24N2O5S. The van der Waals surface area contributed by atoms with Crippen LogP contribution in [-0.4, -0.2) is 49.8 Å². The van der Waals surface area contributed by atoms with Crippen molar-refractivity contribution in [3.8, 4) is 0 Å². The number of fused-ring (bicyclic) bond motifs is 1. The minimum atomic E-state index is -3.26. The highest BCUT2D eigenvalue weighted by molar-refractivity contribution is 7.90. The van der Waals surface area contributed by atoms with Crippen LogP contribution in [0.1, 0.15) is 37.8 Å². The van der Waals surface area contributed by atoms with Gasteiger partial charge in [-0.3, -0.25) is 4.79 Å². The first-order valence-corrected chi connectivity index (χ1v) is 10.6. The number of hydrogen-bond donors (Lipinski definition) is 2. The zero-order valence-corrected chi connectivity index (χ0v) is 15.8. The average molecular weight is 380 g/mol. The molecule has 0 spiro atoms. The van der Waals surface area contributed by atoms with Gasteiger partial charge in [0.25, 0.3) is 0 Å². The van der Waals surface area contributed by atoms with Crippen molar-refractivity contribution >= 4 is 21.8 Å². The molecule has 3 rings (SSSR count). The zero-order chi connectivity index (χ0) is 19.1. The van der Waals surface area contributed by atoms with Crippen LogP contribution in [0.15, 0.2) is 29.2 Å². The number of likely N-dealkylation sites (tertiary alicyclic amines) is 1. The van der Waals surface area contributed by atoms with E-state index in [1.807, 2.05) is 6.92 Å². The summed E-state index contributed by atoms with van der Waals surface area (Å²) < 4.78 is 23.0. The number of hydrogen-bond acceptors (Lipinski definition) is 4. The third-order valence-corrected chi connectivity index (χ3v) is 6.86. The summed E-state index contributed by atoms with van der Waals surface area (Å²) in [5.41, 5.74) is -0.00404. The maximum absolute atomic E-state index is 12.6. The smallest absolute Gasteiger partial charge is 0.317 e. The average Bonchev–Trinajstić information content (AvgIpc) is 3.12. The van der Waals surface area contributed by atoms with Gasteiger partial charge >= 0.3 is 12.0 Å². The minimum Gasteiger partial charge on any atom is -0.481 e. The first-order chi connectivity index (χ1) is 12.1. The lowest BCUT2D eigenvalue weighted by atomic mass is 9.81. The molecule has 3 atom stereocenters. The second-order valence-electron chi connectivity index (χ2n) is 7.44. The van der Waals surface area contributed by atoms with Crippen molar-refractivity contribution < 1.29 is 23.1 Å². The Bertz CT molecular complexity index is 820. The van der Waals surface area contributed by atoms with Crippen LogP contribution in [-0.2, 0) is 14.6 Å². The van der Waals surface area contributed by atoms with Gasteiger partial charge in [-0.05, 0) is 43.4 Å². The molecule has 1 aromatic carbocycles. The first-order valence-electron chi connectivity index (χ1n) is 8.72. The molecule has 0 aromatic heterocycles. The van der Waals surface area contributed by atoms with Gasteiger partial charge in [0, 0.05) is 19.3 Å². The maximum Gasteiger partial charge on any atom is 0.317 e. The predicted molar refractivity (Wildman–Crippen MR) is 95.5 cm³/mol. The summed E-state index contributed by atoms with van der Waals surface area (Å²) in [6.45, 7) is 2.54. The summed E-state index contributed by atoms with van der Waals surface area (Å²) in [5, 5.41) is 12.5. The fourth-order valence-electron chi connectivity index (χ4n) is 4.16. The van der Waals surface area contributed by atoms with Crippen molar-refractivity contribution in [3.05, 3.63) is 29.8 Å². The van der Waals surface area contributed by atoms with E-state index >= 15 is 0 Å². The molecule has 8 heteroatoms. The number of benzene rings is 1. The van der Waals surface area contributed by atoms with Gasteiger partial charge in [0.2, 0.25) is 0 Å². The van der Waals surface area contributed by atoms with Gasteiger partial charge in [-0.2, -0.15) is 0 Å². The van der Waals surface area contributed by atoms with Crippen LogP contribution in [0, 0.1) is 11.3 Å². The number of rotatable bonds is 4. The van der Waals surface area contributed by atoms with Gasteiger partial charge in [0.15, 0.2) is 9.84 Å². The molecule has 142 valence electrons. The first kappa shape index (κ1) is 18.7. The van der Waals surface area contributed by atoms with E-state index in [2.05, 4.69) is 5.32 Å². The Hall–Kier alpha value is -2.09. The van der Waals surface area contributed by atoms with Crippen LogP contribution in [0.2, 0.25) is 0 Å². The SMILES string of the molecule is CC(NC(=O)N1C[C@@H]2CCC[C@@]2(C(=O)O)C1)c1ccc(S(C)(=O)=O)cc1. The maximum atomic E-state index is 12.6. The summed E-state index contributed by atoms with van der Waals surface area (Å²) in [4.78, 5) is 26.1. The fourth-order valence-corrected chi connectivity index (χ4v) is 4.79. The van der Waals surface area contributed by atoms with Crippen molar-refractivity contribution in [3.63, 3.8) is 0 Å². The molecule has 2 fully saturated rings. The molecular weight excluding hydrogens is 356 g/mol. The second-order valence-corrected chi connectivity index (χ2v) is 9.46. The molecule has 0 bridgehead atoms. The highest BCUT2D eigenvalue weighted by Gasteiger charge is 2.55. The molecule has 2 N–H and O–H groups in total. The monoisotopic (exact) mass is 380 g/mol. The van der Waals surface area contributed by atoms with Gasteiger partial charge < -0.3 is 15.3 Å². The summed E-state index contributed by atoms with van der Waals surface area (Å²) in [6.07, 6.45) is 3.52. The Morgan fingerprint density at radius 2 is 1.96 bits per heavy atom. The van der Waals surface area contributed by atoms with Crippen molar-refractivity contribution in [2.45, 2.75) is 37.1 Å². The van der Waals surface area contributed by atoms with Crippen molar-refractivity contribution in [1.82, 2.24) is 10.2 Å². The molecule has 1 aliphatic heterocycles. The molecule has 0 radical (unpaired) electrons. The Morgan fingerprint density at radius 1 is 1.31 bits per heavy atom. The van der Waals surface area contributed by atoms with Crippen molar-refractivity contribution in [1.29, 1.82) is 0 Å². The quantitative estimate of drug-likeness (QED) is 0.832. The number of sulfone groups is 1. The van der Waals surface area contributed by atoms with Crippen LogP contribution in [0.5, 0.6) is 0 Å². The van der Waals surface area contributed by atoms with Crippen molar-refractivity contribution in [2.75, 3.05) is 19.3 Å². The number of amides is 2. The van der Waals surface area contributed by atoms with Gasteiger partial charge in [-0.1, -0.05) is 18.6 Å². The normalized spacial score (nSPS) is 26.4. The van der Waals surface area contributed by atoms with Gasteiger partial charge in [0.05, 0.1) is 16.4 Å². The number of carbonyl (C=O) groups is 2. The van der Waals surface area contributed by atoms with Crippen LogP contribution < -0.4 is 5.32 Å². The van der Waals surface area contributed by atoms with Gasteiger partial charge in [0.1, 0.15) is 0 Å². The number of nitrogens with zero attached hydrogens (tertiary/aromatic N) is 1. The number of carboxylic acids is 1. The number of nitrogens with one attached hydrogen (secondary N) is 1. The number of carbonyl (C=O) groups excluding carboxylic acids is 1. The summed E-state index contributed by atoms with van der Waals surface area (Å²) >= 11 is 0. The lowest BCUT2D eigenvalue weighted by Gasteiger charge is -2.24. The van der Waals surface area contributed by atoms with Crippen LogP contribution >= 0.6 is 0 Å². The lowest BCUT2D eigenvalue weighted by Crippen LogP contribution is -2.42. The zero-order valence-electron chi connectivity index (χ0n) is 14.9. The molecule has 1 saturated heterocycles.